The quantitative estimate of drug-likeness (QED) is 0.0339. The standard InChI is InChI=1S/C44H83N3O8/c1-10-12-14-16-18-20-22-24-26-28-32-53-37(48)31-30-36(42(51)54-33-29-27-25-23-21-19-17-15-13-11-2)45-40(49)38(34(3)4)46-41(50)39(35(5)6)47-43(52)55-44(7,8)9/h34-36,38-39H,10-33H2,1-9H3,(H,45,49)(H,46,50)(H,47,52)/t36-,38-,39-/m0/s1. The van der Waals surface area contributed by atoms with Gasteiger partial charge in [-0.05, 0) is 51.9 Å². The van der Waals surface area contributed by atoms with Crippen molar-refractivity contribution in [1.82, 2.24) is 16.0 Å². The van der Waals surface area contributed by atoms with Crippen molar-refractivity contribution in [3.05, 3.63) is 0 Å². The SMILES string of the molecule is CCCCCCCCCCCCOC(=O)CC[C@H](NC(=O)[C@@H](NC(=O)[C@@H](NC(=O)OC(C)(C)C)C(C)C)C(C)C)C(=O)OCCCCCCCCCCCC. The monoisotopic (exact) mass is 782 g/mol. The number of carbonyl (C=O) groups excluding carboxylic acids is 5. The summed E-state index contributed by atoms with van der Waals surface area (Å²) in [6.45, 7) is 17.3. The van der Waals surface area contributed by atoms with Gasteiger partial charge in [0.2, 0.25) is 11.8 Å². The Kier molecular flexibility index (Phi) is 30.6. The Morgan fingerprint density at radius 3 is 1.31 bits per heavy atom. The summed E-state index contributed by atoms with van der Waals surface area (Å²) in [5.41, 5.74) is -0.751. The van der Waals surface area contributed by atoms with Gasteiger partial charge in [-0.2, -0.15) is 0 Å². The van der Waals surface area contributed by atoms with Crippen molar-refractivity contribution in [1.29, 1.82) is 0 Å². The lowest BCUT2D eigenvalue weighted by molar-refractivity contribution is -0.149. The van der Waals surface area contributed by atoms with Gasteiger partial charge in [0.05, 0.1) is 13.2 Å². The molecule has 0 saturated heterocycles. The second-order valence-corrected chi connectivity index (χ2v) is 16.9. The molecule has 0 bridgehead atoms. The number of rotatable bonds is 33. The molecule has 0 saturated carbocycles. The van der Waals surface area contributed by atoms with Crippen LogP contribution in [0, 0.1) is 11.8 Å². The van der Waals surface area contributed by atoms with Crippen molar-refractivity contribution in [2.24, 2.45) is 11.8 Å². The zero-order chi connectivity index (χ0) is 41.5. The molecule has 0 rings (SSSR count). The van der Waals surface area contributed by atoms with Crippen LogP contribution in [0.1, 0.15) is 204 Å². The Morgan fingerprint density at radius 2 is 0.891 bits per heavy atom. The van der Waals surface area contributed by atoms with E-state index in [0.717, 1.165) is 44.9 Å². The molecule has 0 spiro atoms. The molecule has 0 heterocycles. The summed E-state index contributed by atoms with van der Waals surface area (Å²) in [5, 5.41) is 8.13. The molecule has 0 radical (unpaired) electrons. The maximum absolute atomic E-state index is 13.7. The molecule has 3 atom stereocenters. The van der Waals surface area contributed by atoms with Gasteiger partial charge in [-0.3, -0.25) is 14.4 Å². The van der Waals surface area contributed by atoms with Crippen molar-refractivity contribution in [3.8, 4) is 0 Å². The van der Waals surface area contributed by atoms with Gasteiger partial charge in [-0.25, -0.2) is 9.59 Å². The first-order valence-corrected chi connectivity index (χ1v) is 22.0. The number of amides is 3. The highest BCUT2D eigenvalue weighted by atomic mass is 16.6. The van der Waals surface area contributed by atoms with Crippen molar-refractivity contribution in [2.45, 2.75) is 227 Å². The average Bonchev–Trinajstić information content (AvgIpc) is 3.11. The molecule has 11 heteroatoms. The predicted molar refractivity (Wildman–Crippen MR) is 222 cm³/mol. The fourth-order valence-electron chi connectivity index (χ4n) is 6.23. The van der Waals surface area contributed by atoms with E-state index in [4.69, 9.17) is 14.2 Å². The highest BCUT2D eigenvalue weighted by Crippen LogP contribution is 2.14. The topological polar surface area (TPSA) is 149 Å². The summed E-state index contributed by atoms with van der Waals surface area (Å²) in [6, 6.07) is -3.08. The first kappa shape index (κ1) is 52.2. The van der Waals surface area contributed by atoms with Crippen LogP contribution >= 0.6 is 0 Å². The Hall–Kier alpha value is -2.85. The average molecular weight is 782 g/mol. The first-order chi connectivity index (χ1) is 26.1. The Balaban J connectivity index is 5.25. The van der Waals surface area contributed by atoms with Gasteiger partial charge in [-0.15, -0.1) is 0 Å². The molecule has 0 fully saturated rings. The van der Waals surface area contributed by atoms with Crippen LogP contribution < -0.4 is 16.0 Å². The number of nitrogens with one attached hydrogen (secondary N) is 3. The Bertz CT molecular complexity index is 1040. The van der Waals surface area contributed by atoms with Crippen molar-refractivity contribution in [3.63, 3.8) is 0 Å². The fraction of sp³-hybridized carbons (Fsp3) is 0.886. The zero-order valence-corrected chi connectivity index (χ0v) is 36.6. The van der Waals surface area contributed by atoms with Crippen LogP contribution in [-0.2, 0) is 33.4 Å². The fourth-order valence-corrected chi connectivity index (χ4v) is 6.23. The minimum Gasteiger partial charge on any atom is -0.466 e. The summed E-state index contributed by atoms with van der Waals surface area (Å²) in [4.78, 5) is 65.6. The third-order valence-electron chi connectivity index (χ3n) is 9.61. The van der Waals surface area contributed by atoms with Gasteiger partial charge < -0.3 is 30.2 Å². The van der Waals surface area contributed by atoms with Crippen molar-refractivity contribution >= 4 is 29.8 Å². The molecule has 0 aromatic heterocycles. The second kappa shape index (κ2) is 32.3. The maximum atomic E-state index is 13.7. The van der Waals surface area contributed by atoms with Gasteiger partial charge in [0.25, 0.3) is 0 Å². The Labute approximate surface area is 335 Å². The molecule has 0 unspecified atom stereocenters. The maximum Gasteiger partial charge on any atom is 0.408 e. The number of esters is 2. The molecular weight excluding hydrogens is 698 g/mol. The smallest absolute Gasteiger partial charge is 0.408 e. The van der Waals surface area contributed by atoms with E-state index in [9.17, 15) is 24.0 Å². The van der Waals surface area contributed by atoms with E-state index in [1.807, 2.05) is 0 Å². The van der Waals surface area contributed by atoms with E-state index in [1.165, 1.54) is 83.5 Å². The number of hydrogen-bond acceptors (Lipinski definition) is 8. The molecule has 322 valence electrons. The zero-order valence-electron chi connectivity index (χ0n) is 36.6. The van der Waals surface area contributed by atoms with Crippen LogP contribution in [0.2, 0.25) is 0 Å². The number of carbonyl (C=O) groups is 5. The third kappa shape index (κ3) is 29.1. The van der Waals surface area contributed by atoms with Crippen LogP contribution in [0.25, 0.3) is 0 Å². The predicted octanol–water partition coefficient (Wildman–Crippen LogP) is 9.87. The normalized spacial score (nSPS) is 13.2. The number of ether oxygens (including phenoxy) is 3. The molecular formula is C44H83N3O8. The van der Waals surface area contributed by atoms with Crippen LogP contribution in [-0.4, -0.2) is 66.8 Å². The highest BCUT2D eigenvalue weighted by molar-refractivity contribution is 5.93. The summed E-state index contributed by atoms with van der Waals surface area (Å²) in [7, 11) is 0. The largest absolute Gasteiger partial charge is 0.466 e. The second-order valence-electron chi connectivity index (χ2n) is 16.9. The van der Waals surface area contributed by atoms with Gasteiger partial charge in [0.1, 0.15) is 23.7 Å². The van der Waals surface area contributed by atoms with Crippen LogP contribution in [0.5, 0.6) is 0 Å². The molecule has 0 aromatic rings. The van der Waals surface area contributed by atoms with Crippen molar-refractivity contribution in [2.75, 3.05) is 13.2 Å². The van der Waals surface area contributed by atoms with E-state index >= 15 is 0 Å². The Morgan fingerprint density at radius 1 is 0.509 bits per heavy atom. The van der Waals surface area contributed by atoms with Crippen LogP contribution in [0.3, 0.4) is 0 Å². The molecule has 55 heavy (non-hydrogen) atoms. The van der Waals surface area contributed by atoms with E-state index < -0.39 is 53.6 Å². The number of unbranched alkanes of at least 4 members (excludes halogenated alkanes) is 18. The van der Waals surface area contributed by atoms with E-state index in [-0.39, 0.29) is 31.3 Å². The summed E-state index contributed by atoms with van der Waals surface area (Å²) < 4.78 is 16.4. The summed E-state index contributed by atoms with van der Waals surface area (Å²) in [5.74, 6) is -2.84. The highest BCUT2D eigenvalue weighted by Gasteiger charge is 2.34. The molecule has 0 aliphatic carbocycles. The van der Waals surface area contributed by atoms with E-state index in [2.05, 4.69) is 29.8 Å². The van der Waals surface area contributed by atoms with E-state index in [1.54, 1.807) is 48.5 Å². The molecule has 0 aliphatic rings. The lowest BCUT2D eigenvalue weighted by Gasteiger charge is -2.29. The minimum atomic E-state index is -1.10. The molecule has 0 aromatic carbocycles. The van der Waals surface area contributed by atoms with Gasteiger partial charge in [-0.1, -0.05) is 157 Å². The lowest BCUT2D eigenvalue weighted by Crippen LogP contribution is -2.58. The van der Waals surface area contributed by atoms with Crippen LogP contribution in [0.15, 0.2) is 0 Å². The molecule has 3 N–H and O–H groups in total. The van der Waals surface area contributed by atoms with Gasteiger partial charge in [0.15, 0.2) is 0 Å². The molecule has 0 aliphatic heterocycles. The van der Waals surface area contributed by atoms with Crippen LogP contribution in [0.4, 0.5) is 4.79 Å². The first-order valence-electron chi connectivity index (χ1n) is 22.0. The minimum absolute atomic E-state index is 0.00699. The molecule has 11 nitrogen and oxygen atoms in total. The third-order valence-corrected chi connectivity index (χ3v) is 9.61. The van der Waals surface area contributed by atoms with Crippen molar-refractivity contribution < 1.29 is 38.2 Å². The number of hydrogen-bond donors (Lipinski definition) is 3. The van der Waals surface area contributed by atoms with Gasteiger partial charge >= 0.3 is 18.0 Å². The molecule has 3 amide bonds. The number of alkyl carbamates (subject to hydrolysis) is 1. The van der Waals surface area contributed by atoms with Gasteiger partial charge in [0, 0.05) is 6.42 Å². The lowest BCUT2D eigenvalue weighted by atomic mass is 9.99. The summed E-state index contributed by atoms with van der Waals surface area (Å²) >= 11 is 0. The van der Waals surface area contributed by atoms with E-state index in [0.29, 0.717) is 6.61 Å². The summed E-state index contributed by atoms with van der Waals surface area (Å²) in [6.07, 6.45) is 22.5.